The zero-order valence-corrected chi connectivity index (χ0v) is 15.6. The van der Waals surface area contributed by atoms with E-state index in [-0.39, 0.29) is 23.4 Å². The highest BCUT2D eigenvalue weighted by Crippen LogP contribution is 2.46. The Labute approximate surface area is 152 Å². The number of likely N-dealkylation sites (N-methyl/N-ethyl adjacent to an activating group) is 1. The van der Waals surface area contributed by atoms with Crippen molar-refractivity contribution in [3.8, 4) is 0 Å². The molecule has 0 radical (unpaired) electrons. The first kappa shape index (κ1) is 17.8. The molecule has 2 heterocycles. The molecule has 1 aliphatic heterocycles. The van der Waals surface area contributed by atoms with Crippen LogP contribution < -0.4 is 4.90 Å². The summed E-state index contributed by atoms with van der Waals surface area (Å²) in [7, 11) is 1.95. The summed E-state index contributed by atoms with van der Waals surface area (Å²) in [4.78, 5) is 25.4. The first-order chi connectivity index (χ1) is 12.1. The molecule has 0 atom stereocenters. The van der Waals surface area contributed by atoms with Gasteiger partial charge in [0, 0.05) is 29.9 Å². The summed E-state index contributed by atoms with van der Waals surface area (Å²) in [6, 6.07) is 8.08. The molecular formula is C19H22N4O3. The molecule has 0 spiro atoms. The Balaban J connectivity index is 1.91. The summed E-state index contributed by atoms with van der Waals surface area (Å²) < 4.78 is 1.40. The Morgan fingerprint density at radius 2 is 1.96 bits per heavy atom. The van der Waals surface area contributed by atoms with Crippen LogP contribution in [0.25, 0.3) is 0 Å². The van der Waals surface area contributed by atoms with Crippen LogP contribution in [0.5, 0.6) is 0 Å². The molecule has 0 N–H and O–H groups in total. The number of fused-ring (bicyclic) bond motifs is 1. The van der Waals surface area contributed by atoms with Crippen LogP contribution in [-0.4, -0.2) is 27.5 Å². The van der Waals surface area contributed by atoms with Crippen molar-refractivity contribution >= 4 is 17.2 Å². The lowest BCUT2D eigenvalue weighted by Gasteiger charge is -2.24. The summed E-state index contributed by atoms with van der Waals surface area (Å²) >= 11 is 0. The molecule has 0 fully saturated rings. The molecule has 0 saturated carbocycles. The lowest BCUT2D eigenvalue weighted by atomic mass is 9.83. The predicted molar refractivity (Wildman–Crippen MR) is 99.3 cm³/mol. The molecule has 1 aromatic carbocycles. The van der Waals surface area contributed by atoms with E-state index in [1.807, 2.05) is 30.1 Å². The van der Waals surface area contributed by atoms with E-state index in [1.165, 1.54) is 10.2 Å². The molecule has 26 heavy (non-hydrogen) atoms. The first-order valence-electron chi connectivity index (χ1n) is 8.41. The Morgan fingerprint density at radius 3 is 2.54 bits per heavy atom. The summed E-state index contributed by atoms with van der Waals surface area (Å²) in [6.07, 6.45) is 1.63. The number of para-hydroxylation sites is 1. The van der Waals surface area contributed by atoms with Gasteiger partial charge in [-0.25, -0.2) is 0 Å². The zero-order chi connectivity index (χ0) is 19.2. The SMILES string of the molecule is Cc1nn(CC(=O)/C=C2/N(C)c3ccccc3C2(C)C)c(C)c1[N+](=O)[O-]. The third-order valence-corrected chi connectivity index (χ3v) is 5.07. The second kappa shape index (κ2) is 6.09. The maximum Gasteiger partial charge on any atom is 0.312 e. The average Bonchev–Trinajstić information content (AvgIpc) is 2.94. The molecule has 2 aromatic rings. The molecule has 0 aliphatic carbocycles. The Hall–Kier alpha value is -2.96. The van der Waals surface area contributed by atoms with Crippen molar-refractivity contribution in [3.63, 3.8) is 0 Å². The van der Waals surface area contributed by atoms with E-state index in [2.05, 4.69) is 25.0 Å². The van der Waals surface area contributed by atoms with E-state index >= 15 is 0 Å². The van der Waals surface area contributed by atoms with Crippen molar-refractivity contribution in [2.24, 2.45) is 0 Å². The van der Waals surface area contributed by atoms with Gasteiger partial charge in [-0.1, -0.05) is 32.0 Å². The third kappa shape index (κ3) is 2.69. The van der Waals surface area contributed by atoms with Gasteiger partial charge in [0.25, 0.3) is 0 Å². The fraction of sp³-hybridized carbons (Fsp3) is 0.368. The monoisotopic (exact) mass is 354 g/mol. The fourth-order valence-corrected chi connectivity index (χ4v) is 3.71. The van der Waals surface area contributed by atoms with E-state index in [0.717, 1.165) is 11.4 Å². The first-order valence-corrected chi connectivity index (χ1v) is 8.41. The lowest BCUT2D eigenvalue weighted by molar-refractivity contribution is -0.386. The van der Waals surface area contributed by atoms with Gasteiger partial charge in [-0.2, -0.15) is 5.10 Å². The van der Waals surface area contributed by atoms with Gasteiger partial charge in [0.05, 0.1) is 4.92 Å². The maximum atomic E-state index is 12.7. The average molecular weight is 354 g/mol. The highest BCUT2D eigenvalue weighted by Gasteiger charge is 2.38. The smallest absolute Gasteiger partial charge is 0.312 e. The number of benzene rings is 1. The van der Waals surface area contributed by atoms with E-state index < -0.39 is 4.92 Å². The van der Waals surface area contributed by atoms with Crippen LogP contribution in [0.1, 0.15) is 30.8 Å². The molecule has 0 unspecified atom stereocenters. The molecule has 3 rings (SSSR count). The molecule has 0 saturated heterocycles. The van der Waals surface area contributed by atoms with Crippen LogP contribution >= 0.6 is 0 Å². The molecule has 7 heteroatoms. The molecule has 1 aliphatic rings. The topological polar surface area (TPSA) is 81.3 Å². The molecule has 136 valence electrons. The number of carbonyl (C=O) groups is 1. The normalized spacial score (nSPS) is 16.8. The van der Waals surface area contributed by atoms with E-state index in [0.29, 0.717) is 11.4 Å². The number of nitrogens with zero attached hydrogens (tertiary/aromatic N) is 4. The van der Waals surface area contributed by atoms with Crippen LogP contribution in [0.4, 0.5) is 11.4 Å². The number of nitro groups is 1. The number of aryl methyl sites for hydroxylation is 1. The fourth-order valence-electron chi connectivity index (χ4n) is 3.71. The number of aromatic nitrogens is 2. The number of hydrogen-bond acceptors (Lipinski definition) is 5. The van der Waals surface area contributed by atoms with Crippen molar-refractivity contribution in [3.05, 3.63) is 63.1 Å². The predicted octanol–water partition coefficient (Wildman–Crippen LogP) is 3.29. The number of hydrogen-bond donors (Lipinski definition) is 0. The van der Waals surface area contributed by atoms with Crippen molar-refractivity contribution < 1.29 is 9.72 Å². The number of carbonyl (C=O) groups excluding carboxylic acids is 1. The van der Waals surface area contributed by atoms with Crippen LogP contribution in [0, 0.1) is 24.0 Å². The standard InChI is InChI=1S/C19H22N4O3/c1-12-18(23(25)26)13(2)22(20-12)11-14(24)10-17-19(3,4)15-8-6-7-9-16(15)21(17)5/h6-10H,11H2,1-5H3/b17-10+. The second-order valence-electron chi connectivity index (χ2n) is 7.13. The van der Waals surface area contributed by atoms with Crippen molar-refractivity contribution in [1.82, 2.24) is 9.78 Å². The van der Waals surface area contributed by atoms with Crippen LogP contribution in [0.3, 0.4) is 0 Å². The Morgan fingerprint density at radius 1 is 1.31 bits per heavy atom. The molecule has 1 aromatic heterocycles. The lowest BCUT2D eigenvalue weighted by Crippen LogP contribution is -2.25. The van der Waals surface area contributed by atoms with Gasteiger partial charge in [-0.15, -0.1) is 0 Å². The summed E-state index contributed by atoms with van der Waals surface area (Å²) in [5.41, 5.74) is 3.54. The number of anilines is 1. The highest BCUT2D eigenvalue weighted by molar-refractivity contribution is 5.92. The summed E-state index contributed by atoms with van der Waals surface area (Å²) in [5.74, 6) is -0.145. The Bertz CT molecular complexity index is 940. The van der Waals surface area contributed by atoms with Crippen molar-refractivity contribution in [1.29, 1.82) is 0 Å². The number of rotatable bonds is 4. The number of allylic oxidation sites excluding steroid dienone is 2. The minimum Gasteiger partial charge on any atom is -0.347 e. The largest absolute Gasteiger partial charge is 0.347 e. The van der Waals surface area contributed by atoms with Crippen LogP contribution in [0.2, 0.25) is 0 Å². The maximum absolute atomic E-state index is 12.7. The van der Waals surface area contributed by atoms with Crippen molar-refractivity contribution in [2.45, 2.75) is 39.7 Å². The van der Waals surface area contributed by atoms with Crippen molar-refractivity contribution in [2.75, 3.05) is 11.9 Å². The van der Waals surface area contributed by atoms with Crippen LogP contribution in [0.15, 0.2) is 36.0 Å². The van der Waals surface area contributed by atoms with E-state index in [9.17, 15) is 14.9 Å². The van der Waals surface area contributed by atoms with Gasteiger partial charge < -0.3 is 4.90 Å². The zero-order valence-electron chi connectivity index (χ0n) is 15.6. The Kier molecular flexibility index (Phi) is 4.18. The van der Waals surface area contributed by atoms with Gasteiger partial charge in [0.1, 0.15) is 17.9 Å². The molecule has 0 amide bonds. The van der Waals surface area contributed by atoms with E-state index in [4.69, 9.17) is 0 Å². The summed E-state index contributed by atoms with van der Waals surface area (Å²) in [6.45, 7) is 7.34. The second-order valence-corrected chi connectivity index (χ2v) is 7.13. The molecule has 0 bridgehead atoms. The summed E-state index contributed by atoms with van der Waals surface area (Å²) in [5, 5.41) is 15.3. The van der Waals surface area contributed by atoms with Gasteiger partial charge in [0.15, 0.2) is 5.78 Å². The van der Waals surface area contributed by atoms with E-state index in [1.54, 1.807) is 19.9 Å². The number of ketones is 1. The minimum atomic E-state index is -0.457. The minimum absolute atomic E-state index is 0.0235. The highest BCUT2D eigenvalue weighted by atomic mass is 16.6. The molecule has 7 nitrogen and oxygen atoms in total. The third-order valence-electron chi connectivity index (χ3n) is 5.07. The van der Waals surface area contributed by atoms with Gasteiger partial charge >= 0.3 is 5.69 Å². The van der Waals surface area contributed by atoms with Gasteiger partial charge in [-0.05, 0) is 25.5 Å². The van der Waals surface area contributed by atoms with Gasteiger partial charge in [-0.3, -0.25) is 19.6 Å². The van der Waals surface area contributed by atoms with Gasteiger partial charge in [0.2, 0.25) is 0 Å². The molecular weight excluding hydrogens is 332 g/mol. The van der Waals surface area contributed by atoms with Crippen LogP contribution in [-0.2, 0) is 16.8 Å². The quantitative estimate of drug-likeness (QED) is 0.478.